The maximum atomic E-state index is 12.6. The quantitative estimate of drug-likeness (QED) is 0.673. The number of hydrogen-bond acceptors (Lipinski definition) is 6. The van der Waals surface area contributed by atoms with Crippen LogP contribution in [0, 0.1) is 13.8 Å². The van der Waals surface area contributed by atoms with Gasteiger partial charge in [-0.05, 0) is 19.9 Å². The van der Waals surface area contributed by atoms with Gasteiger partial charge >= 0.3 is 0 Å². The third kappa shape index (κ3) is 2.71. The molecule has 0 spiro atoms. The number of hydrogen-bond donors (Lipinski definition) is 0. The molecule has 9 nitrogen and oxygen atoms in total. The molecule has 3 aromatic rings. The highest BCUT2D eigenvalue weighted by Gasteiger charge is 2.25. The predicted molar refractivity (Wildman–Crippen MR) is 91.6 cm³/mol. The first-order chi connectivity index (χ1) is 12.0. The smallest absolute Gasteiger partial charge is 0.274 e. The summed E-state index contributed by atoms with van der Waals surface area (Å²) >= 11 is 0. The molecule has 0 radical (unpaired) electrons. The van der Waals surface area contributed by atoms with Crippen molar-refractivity contribution in [3.05, 3.63) is 35.7 Å². The number of aromatic nitrogens is 6. The Labute approximate surface area is 144 Å². The van der Waals surface area contributed by atoms with Crippen molar-refractivity contribution < 1.29 is 4.79 Å². The molecule has 9 heteroatoms. The molecule has 0 unspecified atom stereocenters. The van der Waals surface area contributed by atoms with Crippen LogP contribution in [0.1, 0.15) is 22.0 Å². The minimum Gasteiger partial charge on any atom is -0.352 e. The highest BCUT2D eigenvalue weighted by molar-refractivity contribution is 5.92. The van der Waals surface area contributed by atoms with Gasteiger partial charge in [0.05, 0.1) is 12.4 Å². The lowest BCUT2D eigenvalue weighted by Gasteiger charge is -2.35. The standard InChI is InChI=1S/C16H20N8O/c1-11-8-13(20-21(11)3)16(25)23-6-4-22(5-7-23)15-10-17-9-14-18-12(2)19-24(14)15/h8-10H,4-7H2,1-3H3. The van der Waals surface area contributed by atoms with Crippen LogP contribution < -0.4 is 4.90 Å². The lowest BCUT2D eigenvalue weighted by molar-refractivity contribution is 0.0739. The van der Waals surface area contributed by atoms with Crippen LogP contribution in [0.2, 0.25) is 0 Å². The molecule has 0 saturated carbocycles. The van der Waals surface area contributed by atoms with E-state index in [0.29, 0.717) is 24.6 Å². The number of rotatable bonds is 2. The van der Waals surface area contributed by atoms with E-state index in [4.69, 9.17) is 0 Å². The molecule has 1 aliphatic rings. The largest absolute Gasteiger partial charge is 0.352 e. The Hall–Kier alpha value is -2.97. The third-order valence-corrected chi connectivity index (χ3v) is 4.56. The van der Waals surface area contributed by atoms with Crippen molar-refractivity contribution in [2.75, 3.05) is 31.1 Å². The zero-order valence-electron chi connectivity index (χ0n) is 14.5. The van der Waals surface area contributed by atoms with Crippen LogP contribution in [0.25, 0.3) is 5.65 Å². The normalized spacial score (nSPS) is 15.2. The third-order valence-electron chi connectivity index (χ3n) is 4.56. The van der Waals surface area contributed by atoms with Crippen LogP contribution in [-0.2, 0) is 7.05 Å². The van der Waals surface area contributed by atoms with E-state index in [1.165, 1.54) is 0 Å². The number of piperazine rings is 1. The molecule has 0 aromatic carbocycles. The first-order valence-electron chi connectivity index (χ1n) is 8.25. The number of aryl methyl sites for hydroxylation is 3. The molecule has 1 aliphatic heterocycles. The van der Waals surface area contributed by atoms with Crippen molar-refractivity contribution in [1.82, 2.24) is 34.3 Å². The van der Waals surface area contributed by atoms with Gasteiger partial charge in [-0.2, -0.15) is 9.61 Å². The van der Waals surface area contributed by atoms with Crippen molar-refractivity contribution in [1.29, 1.82) is 0 Å². The van der Waals surface area contributed by atoms with Crippen LogP contribution in [0.3, 0.4) is 0 Å². The molecule has 0 bridgehead atoms. The molecule has 1 fully saturated rings. The zero-order valence-corrected chi connectivity index (χ0v) is 14.5. The van der Waals surface area contributed by atoms with E-state index in [0.717, 1.165) is 30.2 Å². The SMILES string of the molecule is Cc1nc2cncc(N3CCN(C(=O)c4cc(C)n(C)n4)CC3)n2n1. The molecule has 25 heavy (non-hydrogen) atoms. The van der Waals surface area contributed by atoms with Crippen molar-refractivity contribution in [2.24, 2.45) is 7.05 Å². The molecule has 130 valence electrons. The summed E-state index contributed by atoms with van der Waals surface area (Å²) in [6, 6.07) is 1.83. The highest BCUT2D eigenvalue weighted by atomic mass is 16.2. The van der Waals surface area contributed by atoms with Crippen molar-refractivity contribution in [2.45, 2.75) is 13.8 Å². The van der Waals surface area contributed by atoms with Gasteiger partial charge in [0, 0.05) is 38.9 Å². The topological polar surface area (TPSA) is 84.5 Å². The van der Waals surface area contributed by atoms with E-state index in [1.54, 1.807) is 17.1 Å². The van der Waals surface area contributed by atoms with Crippen LogP contribution in [-0.4, -0.2) is 66.3 Å². The Bertz CT molecular complexity index is 915. The number of amides is 1. The summed E-state index contributed by atoms with van der Waals surface area (Å²) in [7, 11) is 1.85. The van der Waals surface area contributed by atoms with Crippen molar-refractivity contribution >= 4 is 17.4 Å². The second-order valence-electron chi connectivity index (χ2n) is 6.27. The van der Waals surface area contributed by atoms with Crippen molar-refractivity contribution in [3.8, 4) is 0 Å². The summed E-state index contributed by atoms with van der Waals surface area (Å²) in [5.74, 6) is 1.60. The number of anilines is 1. The van der Waals surface area contributed by atoms with E-state index in [2.05, 4.69) is 25.1 Å². The molecule has 0 aliphatic carbocycles. The summed E-state index contributed by atoms with van der Waals surface area (Å²) in [6.45, 7) is 6.52. The lowest BCUT2D eigenvalue weighted by Crippen LogP contribution is -2.49. The van der Waals surface area contributed by atoms with Gasteiger partial charge in [-0.1, -0.05) is 0 Å². The van der Waals surface area contributed by atoms with E-state index in [1.807, 2.05) is 36.4 Å². The van der Waals surface area contributed by atoms with E-state index in [9.17, 15) is 4.79 Å². The zero-order chi connectivity index (χ0) is 17.6. The Morgan fingerprint density at radius 2 is 1.84 bits per heavy atom. The van der Waals surface area contributed by atoms with Crippen LogP contribution >= 0.6 is 0 Å². The highest BCUT2D eigenvalue weighted by Crippen LogP contribution is 2.17. The number of nitrogens with zero attached hydrogens (tertiary/aromatic N) is 8. The average Bonchev–Trinajstić information content (AvgIpc) is 3.15. The van der Waals surface area contributed by atoms with Gasteiger partial charge in [0.25, 0.3) is 5.91 Å². The monoisotopic (exact) mass is 340 g/mol. The van der Waals surface area contributed by atoms with Gasteiger partial charge in [0.2, 0.25) is 0 Å². The molecule has 4 heterocycles. The van der Waals surface area contributed by atoms with Gasteiger partial charge in [0.15, 0.2) is 17.2 Å². The summed E-state index contributed by atoms with van der Waals surface area (Å²) in [5.41, 5.74) is 2.21. The van der Waals surface area contributed by atoms with Gasteiger partial charge < -0.3 is 9.80 Å². The second-order valence-corrected chi connectivity index (χ2v) is 6.27. The van der Waals surface area contributed by atoms with Crippen molar-refractivity contribution in [3.63, 3.8) is 0 Å². The fourth-order valence-electron chi connectivity index (χ4n) is 3.09. The number of carbonyl (C=O) groups excluding carboxylic acids is 1. The summed E-state index contributed by atoms with van der Waals surface area (Å²) in [5, 5.41) is 8.72. The molecule has 3 aromatic heterocycles. The Morgan fingerprint density at radius 1 is 1.08 bits per heavy atom. The van der Waals surface area contributed by atoms with Crippen LogP contribution in [0.15, 0.2) is 18.5 Å². The summed E-state index contributed by atoms with van der Waals surface area (Å²) in [6.07, 6.45) is 3.49. The molecule has 4 rings (SSSR count). The molecule has 0 N–H and O–H groups in total. The molecular weight excluding hydrogens is 320 g/mol. The first kappa shape index (κ1) is 15.6. The van der Waals surface area contributed by atoms with E-state index >= 15 is 0 Å². The first-order valence-corrected chi connectivity index (χ1v) is 8.25. The second kappa shape index (κ2) is 5.83. The Morgan fingerprint density at radius 3 is 2.52 bits per heavy atom. The molecule has 0 atom stereocenters. The minimum absolute atomic E-state index is 0.0173. The maximum Gasteiger partial charge on any atom is 0.274 e. The minimum atomic E-state index is -0.0173. The summed E-state index contributed by atoms with van der Waals surface area (Å²) in [4.78, 5) is 25.3. The average molecular weight is 340 g/mol. The van der Waals surface area contributed by atoms with Crippen LogP contribution in [0.5, 0.6) is 0 Å². The number of carbonyl (C=O) groups is 1. The van der Waals surface area contributed by atoms with Gasteiger partial charge in [-0.15, -0.1) is 5.10 Å². The van der Waals surface area contributed by atoms with E-state index < -0.39 is 0 Å². The Kier molecular flexibility index (Phi) is 3.63. The summed E-state index contributed by atoms with van der Waals surface area (Å²) < 4.78 is 3.53. The predicted octanol–water partition coefficient (Wildman–Crippen LogP) is 0.437. The molecular formula is C16H20N8O. The van der Waals surface area contributed by atoms with E-state index in [-0.39, 0.29) is 5.91 Å². The van der Waals surface area contributed by atoms with Crippen LogP contribution in [0.4, 0.5) is 5.82 Å². The number of fused-ring (bicyclic) bond motifs is 1. The maximum absolute atomic E-state index is 12.6. The van der Waals surface area contributed by atoms with Gasteiger partial charge in [-0.25, -0.2) is 4.98 Å². The van der Waals surface area contributed by atoms with Gasteiger partial charge in [0.1, 0.15) is 5.82 Å². The fraction of sp³-hybridized carbons (Fsp3) is 0.438. The Balaban J connectivity index is 1.50. The molecule has 1 saturated heterocycles. The lowest BCUT2D eigenvalue weighted by atomic mass is 10.2. The fourth-order valence-corrected chi connectivity index (χ4v) is 3.09. The molecule has 1 amide bonds. The van der Waals surface area contributed by atoms with Gasteiger partial charge in [-0.3, -0.25) is 14.5 Å².